The molecule has 54 heavy (non-hydrogen) atoms. The lowest BCUT2D eigenvalue weighted by Gasteiger charge is -2.28. The van der Waals surface area contributed by atoms with E-state index in [4.69, 9.17) is 4.74 Å². The summed E-state index contributed by atoms with van der Waals surface area (Å²) in [5, 5.41) is 2.53. The molecule has 0 fully saturated rings. The summed E-state index contributed by atoms with van der Waals surface area (Å²) >= 11 is 0. The molecule has 0 saturated carbocycles. The average Bonchev–Trinajstić information content (AvgIpc) is 3.63. The van der Waals surface area contributed by atoms with Crippen LogP contribution in [0.25, 0.3) is 55.3 Å². The van der Waals surface area contributed by atoms with E-state index in [0.29, 0.717) is 0 Å². The van der Waals surface area contributed by atoms with Crippen LogP contribution >= 0.6 is 0 Å². The van der Waals surface area contributed by atoms with Crippen LogP contribution in [0.4, 0.5) is 17.1 Å². The first-order chi connectivity index (χ1) is 26.8. The normalized spacial score (nSPS) is 15.4. The molecule has 0 saturated heterocycles. The van der Waals surface area contributed by atoms with Crippen LogP contribution in [-0.2, 0) is 0 Å². The molecule has 1 aliphatic carbocycles. The van der Waals surface area contributed by atoms with Gasteiger partial charge in [0.25, 0.3) is 0 Å². The van der Waals surface area contributed by atoms with E-state index in [-0.39, 0.29) is 12.0 Å². The average molecular weight is 692 g/mol. The van der Waals surface area contributed by atoms with Gasteiger partial charge in [-0.3, -0.25) is 0 Å². The second-order valence-corrected chi connectivity index (χ2v) is 14.0. The third-order valence-electron chi connectivity index (χ3n) is 10.8. The molecule has 2 heteroatoms. The number of anilines is 3. The summed E-state index contributed by atoms with van der Waals surface area (Å²) in [7, 11) is 0. The van der Waals surface area contributed by atoms with Crippen LogP contribution in [0.5, 0.6) is 5.75 Å². The summed E-state index contributed by atoms with van der Waals surface area (Å²) in [5.74, 6) is 1.20. The first kappa shape index (κ1) is 31.8. The Bertz CT molecular complexity index is 2670. The number of hydrogen-bond donors (Lipinski definition) is 0. The maximum Gasteiger partial charge on any atom is 0.128 e. The van der Waals surface area contributed by atoms with E-state index in [0.717, 1.165) is 22.8 Å². The highest BCUT2D eigenvalue weighted by atomic mass is 16.5. The van der Waals surface area contributed by atoms with Gasteiger partial charge in [-0.15, -0.1) is 0 Å². The van der Waals surface area contributed by atoms with Crippen molar-refractivity contribution in [3.05, 3.63) is 218 Å². The fourth-order valence-electron chi connectivity index (χ4n) is 8.11. The number of fused-ring (bicyclic) bond motifs is 4. The van der Waals surface area contributed by atoms with Crippen LogP contribution in [-0.4, -0.2) is 6.10 Å². The molecule has 0 N–H and O–H groups in total. The molecule has 8 aromatic rings. The molecule has 1 aliphatic heterocycles. The minimum absolute atomic E-state index is 0.0584. The predicted octanol–water partition coefficient (Wildman–Crippen LogP) is 13.9. The summed E-state index contributed by atoms with van der Waals surface area (Å²) < 4.78 is 6.31. The molecule has 2 nitrogen and oxygen atoms in total. The molecule has 0 bridgehead atoms. The minimum atomic E-state index is 0.0584. The highest BCUT2D eigenvalue weighted by Gasteiger charge is 2.32. The zero-order valence-corrected chi connectivity index (χ0v) is 29.7. The van der Waals surface area contributed by atoms with E-state index in [1.165, 1.54) is 60.8 Å². The van der Waals surface area contributed by atoms with Gasteiger partial charge < -0.3 is 9.64 Å². The molecule has 0 spiro atoms. The van der Waals surface area contributed by atoms with Crippen molar-refractivity contribution in [1.82, 2.24) is 0 Å². The lowest BCUT2D eigenvalue weighted by molar-refractivity contribution is 0.269. The highest BCUT2D eigenvalue weighted by Crippen LogP contribution is 2.46. The number of rotatable bonds is 7. The van der Waals surface area contributed by atoms with E-state index < -0.39 is 0 Å². The molecule has 0 amide bonds. The Hall–Kier alpha value is -6.90. The van der Waals surface area contributed by atoms with Crippen molar-refractivity contribution in [3.63, 3.8) is 0 Å². The Balaban J connectivity index is 1.03. The zero-order chi connectivity index (χ0) is 35.8. The molecule has 0 aromatic heterocycles. The summed E-state index contributed by atoms with van der Waals surface area (Å²) in [6.45, 7) is 0. The monoisotopic (exact) mass is 691 g/mol. The molecule has 256 valence electrons. The van der Waals surface area contributed by atoms with E-state index in [1.54, 1.807) is 0 Å². The van der Waals surface area contributed by atoms with Crippen LogP contribution < -0.4 is 9.64 Å². The Labute approximate surface area is 316 Å². The predicted molar refractivity (Wildman–Crippen MR) is 226 cm³/mol. The number of nitrogens with zero attached hydrogens (tertiary/aromatic N) is 1. The Kier molecular flexibility index (Phi) is 8.00. The first-order valence-electron chi connectivity index (χ1n) is 18.7. The van der Waals surface area contributed by atoms with Crippen molar-refractivity contribution < 1.29 is 4.74 Å². The van der Waals surface area contributed by atoms with E-state index >= 15 is 0 Å². The molecule has 2 aliphatic rings. The maximum atomic E-state index is 6.31. The van der Waals surface area contributed by atoms with E-state index in [1.807, 2.05) is 0 Å². The van der Waals surface area contributed by atoms with Gasteiger partial charge in [0, 0.05) is 28.4 Å². The topological polar surface area (TPSA) is 12.5 Å². The summed E-state index contributed by atoms with van der Waals surface area (Å²) in [4.78, 5) is 2.38. The van der Waals surface area contributed by atoms with Gasteiger partial charge >= 0.3 is 0 Å². The second kappa shape index (κ2) is 13.6. The Morgan fingerprint density at radius 3 is 1.72 bits per heavy atom. The second-order valence-electron chi connectivity index (χ2n) is 14.0. The highest BCUT2D eigenvalue weighted by molar-refractivity contribution is 5.97. The van der Waals surface area contributed by atoms with Gasteiger partial charge in [-0.1, -0.05) is 164 Å². The van der Waals surface area contributed by atoms with Gasteiger partial charge in [0.1, 0.15) is 11.9 Å². The minimum Gasteiger partial charge on any atom is -0.485 e. The fourth-order valence-corrected chi connectivity index (χ4v) is 8.11. The molecular formula is C52H37NO. The summed E-state index contributed by atoms with van der Waals surface area (Å²) in [6.07, 6.45) is 8.68. The van der Waals surface area contributed by atoms with Crippen molar-refractivity contribution in [1.29, 1.82) is 0 Å². The van der Waals surface area contributed by atoms with Crippen LogP contribution in [0.2, 0.25) is 0 Å². The van der Waals surface area contributed by atoms with Gasteiger partial charge in [0.2, 0.25) is 0 Å². The zero-order valence-electron chi connectivity index (χ0n) is 29.7. The molecule has 2 atom stereocenters. The number of para-hydroxylation sites is 1. The SMILES string of the molecule is C1=CC2Oc3ccc(-c4ccccc4N(c4ccc(-c5ccccc5)cc4)c4ccc(-c5ccc(-c6cccc7ccccc67)cc5)cc4)cc3C2C=C1. The molecular weight excluding hydrogens is 655 g/mol. The van der Waals surface area contributed by atoms with Crippen molar-refractivity contribution in [3.8, 4) is 50.3 Å². The van der Waals surface area contributed by atoms with Crippen LogP contribution in [0.1, 0.15) is 11.5 Å². The smallest absolute Gasteiger partial charge is 0.128 e. The largest absolute Gasteiger partial charge is 0.485 e. The van der Waals surface area contributed by atoms with Crippen molar-refractivity contribution >= 4 is 27.8 Å². The number of hydrogen-bond acceptors (Lipinski definition) is 2. The lowest BCUT2D eigenvalue weighted by Crippen LogP contribution is -2.15. The quantitative estimate of drug-likeness (QED) is 0.165. The number of allylic oxidation sites excluding steroid dienone is 2. The third kappa shape index (κ3) is 5.79. The molecule has 2 unspecified atom stereocenters. The number of benzene rings is 8. The molecule has 10 rings (SSSR count). The lowest BCUT2D eigenvalue weighted by atomic mass is 9.90. The van der Waals surface area contributed by atoms with Crippen molar-refractivity contribution in [2.24, 2.45) is 0 Å². The Morgan fingerprint density at radius 2 is 0.963 bits per heavy atom. The Morgan fingerprint density at radius 1 is 0.407 bits per heavy atom. The third-order valence-corrected chi connectivity index (χ3v) is 10.8. The van der Waals surface area contributed by atoms with Crippen molar-refractivity contribution in [2.45, 2.75) is 12.0 Å². The van der Waals surface area contributed by atoms with Gasteiger partial charge in [0.05, 0.1) is 5.69 Å². The molecule has 1 heterocycles. The standard InChI is InChI=1S/C52H37NO/c1-2-11-36(12-3-1)38-25-30-43(31-26-38)53(50-19-8-6-16-47(50)42-29-34-52-49(35-42)48-17-7-9-20-51(48)54-52)44-32-27-39(28-33-44)37-21-23-41(24-22-37)46-18-10-14-40-13-4-5-15-45(40)46/h1-35,48,51H. The first-order valence-corrected chi connectivity index (χ1v) is 18.7. The number of ether oxygens (including phenoxy) is 1. The van der Waals surface area contributed by atoms with E-state index in [9.17, 15) is 0 Å². The maximum absolute atomic E-state index is 6.31. The van der Waals surface area contributed by atoms with Crippen LogP contribution in [0, 0.1) is 0 Å². The van der Waals surface area contributed by atoms with Gasteiger partial charge in [-0.2, -0.15) is 0 Å². The van der Waals surface area contributed by atoms with Gasteiger partial charge in [-0.05, 0) is 98.3 Å². The molecule has 0 radical (unpaired) electrons. The van der Waals surface area contributed by atoms with Crippen LogP contribution in [0.3, 0.4) is 0 Å². The van der Waals surface area contributed by atoms with Crippen LogP contribution in [0.15, 0.2) is 212 Å². The van der Waals surface area contributed by atoms with Crippen molar-refractivity contribution in [2.75, 3.05) is 4.90 Å². The van der Waals surface area contributed by atoms with E-state index in [2.05, 4.69) is 217 Å². The summed E-state index contributed by atoms with van der Waals surface area (Å²) in [5.41, 5.74) is 14.1. The summed E-state index contributed by atoms with van der Waals surface area (Å²) in [6, 6.07) is 67.9. The fraction of sp³-hybridized carbons (Fsp3) is 0.0385. The molecule has 8 aromatic carbocycles. The van der Waals surface area contributed by atoms with Gasteiger partial charge in [0.15, 0.2) is 0 Å². The van der Waals surface area contributed by atoms with Gasteiger partial charge in [-0.25, -0.2) is 0 Å².